The maximum absolute atomic E-state index is 12.2. The molecule has 1 aliphatic heterocycles. The van der Waals surface area contributed by atoms with Crippen molar-refractivity contribution in [3.8, 4) is 17.2 Å². The van der Waals surface area contributed by atoms with Crippen molar-refractivity contribution < 1.29 is 28.5 Å². The zero-order valence-electron chi connectivity index (χ0n) is 17.6. The molecule has 0 aromatic heterocycles. The van der Waals surface area contributed by atoms with Crippen LogP contribution in [0.5, 0.6) is 17.2 Å². The Bertz CT molecular complexity index is 962. The predicted octanol–water partition coefficient (Wildman–Crippen LogP) is 2.22. The number of nitrogens with one attached hydrogen (secondary N) is 1. The van der Waals surface area contributed by atoms with Crippen molar-refractivity contribution in [3.63, 3.8) is 0 Å². The zero-order valence-corrected chi connectivity index (χ0v) is 19.2. The third-order valence-electron chi connectivity index (χ3n) is 4.47. The van der Waals surface area contributed by atoms with Crippen molar-refractivity contribution in [1.82, 2.24) is 10.3 Å². The maximum Gasteiger partial charge on any atom is 0.277 e. The number of benzene rings is 2. The van der Waals surface area contributed by atoms with Gasteiger partial charge in [0.15, 0.2) is 24.7 Å². The lowest BCUT2D eigenvalue weighted by Gasteiger charge is -2.26. The van der Waals surface area contributed by atoms with Crippen LogP contribution in [0.3, 0.4) is 0 Å². The fourth-order valence-corrected chi connectivity index (χ4v) is 3.22. The maximum atomic E-state index is 12.2. The van der Waals surface area contributed by atoms with E-state index in [0.29, 0.717) is 49.1 Å². The Hall–Kier alpha value is -3.11. The quantitative estimate of drug-likeness (QED) is 0.414. The van der Waals surface area contributed by atoms with Crippen molar-refractivity contribution in [2.45, 2.75) is 0 Å². The van der Waals surface area contributed by atoms with Crippen molar-refractivity contribution in [2.24, 2.45) is 5.10 Å². The molecule has 0 saturated carbocycles. The SMILES string of the molecule is COc1cc(/C=N/NC(=O)COc2cccc(Br)c2)ccc1OCC(=O)N1CCOCC1. The molecular formula is C22H24BrN3O6. The molecule has 1 N–H and O–H groups in total. The summed E-state index contributed by atoms with van der Waals surface area (Å²) < 4.78 is 22.5. The average molecular weight is 506 g/mol. The lowest BCUT2D eigenvalue weighted by atomic mass is 10.2. The van der Waals surface area contributed by atoms with Gasteiger partial charge >= 0.3 is 0 Å². The van der Waals surface area contributed by atoms with Crippen molar-refractivity contribution in [2.75, 3.05) is 46.6 Å². The first-order valence-electron chi connectivity index (χ1n) is 9.92. The summed E-state index contributed by atoms with van der Waals surface area (Å²) in [6, 6.07) is 12.3. The highest BCUT2D eigenvalue weighted by Gasteiger charge is 2.18. The number of rotatable bonds is 9. The van der Waals surface area contributed by atoms with E-state index < -0.39 is 5.91 Å². The fraction of sp³-hybridized carbons (Fsp3) is 0.318. The van der Waals surface area contributed by atoms with Gasteiger partial charge in [0.25, 0.3) is 11.8 Å². The van der Waals surface area contributed by atoms with Gasteiger partial charge in [0, 0.05) is 17.6 Å². The lowest BCUT2D eigenvalue weighted by Crippen LogP contribution is -2.43. The van der Waals surface area contributed by atoms with Crippen LogP contribution in [0, 0.1) is 0 Å². The van der Waals surface area contributed by atoms with Crippen LogP contribution in [-0.4, -0.2) is 69.6 Å². The number of hydrazone groups is 1. The van der Waals surface area contributed by atoms with E-state index in [1.165, 1.54) is 13.3 Å². The second kappa shape index (κ2) is 12.1. The van der Waals surface area contributed by atoms with Crippen LogP contribution in [0.4, 0.5) is 0 Å². The van der Waals surface area contributed by atoms with E-state index in [1.807, 2.05) is 12.1 Å². The van der Waals surface area contributed by atoms with E-state index in [-0.39, 0.29) is 19.1 Å². The van der Waals surface area contributed by atoms with E-state index in [0.717, 1.165) is 4.47 Å². The summed E-state index contributed by atoms with van der Waals surface area (Å²) in [6.45, 7) is 1.95. The zero-order chi connectivity index (χ0) is 22.8. The molecule has 9 nitrogen and oxygen atoms in total. The Kier molecular flexibility index (Phi) is 8.88. The Morgan fingerprint density at radius 2 is 1.94 bits per heavy atom. The minimum Gasteiger partial charge on any atom is -0.493 e. The second-order valence-corrected chi connectivity index (χ2v) is 7.65. The molecule has 0 radical (unpaired) electrons. The number of amides is 2. The lowest BCUT2D eigenvalue weighted by molar-refractivity contribution is -0.137. The number of halogens is 1. The summed E-state index contributed by atoms with van der Waals surface area (Å²) in [5.74, 6) is 0.972. The Labute approximate surface area is 194 Å². The molecule has 0 spiro atoms. The van der Waals surface area contributed by atoms with Gasteiger partial charge in [-0.2, -0.15) is 5.10 Å². The van der Waals surface area contributed by atoms with Crippen LogP contribution in [0.25, 0.3) is 0 Å². The molecule has 1 heterocycles. The number of morpholine rings is 1. The standard InChI is InChI=1S/C22H24BrN3O6/c1-29-20-11-16(5-6-19(20)32-15-22(28)26-7-9-30-10-8-26)13-24-25-21(27)14-31-18-4-2-3-17(23)12-18/h2-6,11-13H,7-10,14-15H2,1H3,(H,25,27)/b24-13+. The molecule has 0 bridgehead atoms. The molecule has 0 unspecified atom stereocenters. The van der Waals surface area contributed by atoms with Gasteiger partial charge < -0.3 is 23.8 Å². The van der Waals surface area contributed by atoms with Gasteiger partial charge in [-0.25, -0.2) is 5.43 Å². The Morgan fingerprint density at radius 1 is 1.12 bits per heavy atom. The minimum absolute atomic E-state index is 0.0855. The van der Waals surface area contributed by atoms with E-state index in [1.54, 1.807) is 35.2 Å². The van der Waals surface area contributed by atoms with Crippen molar-refractivity contribution >= 4 is 34.0 Å². The first-order valence-corrected chi connectivity index (χ1v) is 10.7. The van der Waals surface area contributed by atoms with Gasteiger partial charge in [0.05, 0.1) is 26.5 Å². The molecule has 1 fully saturated rings. The first-order chi connectivity index (χ1) is 15.5. The van der Waals surface area contributed by atoms with Gasteiger partial charge in [-0.1, -0.05) is 22.0 Å². The van der Waals surface area contributed by atoms with Crippen LogP contribution >= 0.6 is 15.9 Å². The normalized spacial score (nSPS) is 13.6. The molecule has 2 amide bonds. The van der Waals surface area contributed by atoms with E-state index in [9.17, 15) is 9.59 Å². The summed E-state index contributed by atoms with van der Waals surface area (Å²) in [6.07, 6.45) is 1.47. The molecule has 1 aliphatic rings. The second-order valence-electron chi connectivity index (χ2n) is 6.73. The van der Waals surface area contributed by atoms with Crippen molar-refractivity contribution in [3.05, 3.63) is 52.5 Å². The molecule has 2 aromatic rings. The summed E-state index contributed by atoms with van der Waals surface area (Å²) in [5.41, 5.74) is 3.09. The summed E-state index contributed by atoms with van der Waals surface area (Å²) in [4.78, 5) is 25.8. The number of nitrogens with zero attached hydrogens (tertiary/aromatic N) is 2. The molecule has 170 valence electrons. The average Bonchev–Trinajstić information content (AvgIpc) is 2.82. The molecule has 0 atom stereocenters. The van der Waals surface area contributed by atoms with E-state index in [2.05, 4.69) is 26.5 Å². The number of hydrogen-bond donors (Lipinski definition) is 1. The highest BCUT2D eigenvalue weighted by molar-refractivity contribution is 9.10. The van der Waals surface area contributed by atoms with Crippen LogP contribution in [0.2, 0.25) is 0 Å². The molecule has 2 aromatic carbocycles. The highest BCUT2D eigenvalue weighted by Crippen LogP contribution is 2.27. The molecule has 0 aliphatic carbocycles. The van der Waals surface area contributed by atoms with Gasteiger partial charge in [-0.05, 0) is 42.0 Å². The number of hydrogen-bond acceptors (Lipinski definition) is 7. The monoisotopic (exact) mass is 505 g/mol. The van der Waals surface area contributed by atoms with Gasteiger partial charge in [0.2, 0.25) is 0 Å². The Morgan fingerprint density at radius 3 is 2.69 bits per heavy atom. The third-order valence-corrected chi connectivity index (χ3v) is 4.96. The topological polar surface area (TPSA) is 98.7 Å². The van der Waals surface area contributed by atoms with Crippen LogP contribution < -0.4 is 19.6 Å². The summed E-state index contributed by atoms with van der Waals surface area (Å²) in [7, 11) is 1.51. The molecule has 10 heteroatoms. The fourth-order valence-electron chi connectivity index (χ4n) is 2.84. The number of ether oxygens (including phenoxy) is 4. The number of methoxy groups -OCH3 is 1. The highest BCUT2D eigenvalue weighted by atomic mass is 79.9. The Balaban J connectivity index is 1.48. The predicted molar refractivity (Wildman–Crippen MR) is 121 cm³/mol. The molecule has 1 saturated heterocycles. The van der Waals surface area contributed by atoms with Gasteiger partial charge in [0.1, 0.15) is 5.75 Å². The van der Waals surface area contributed by atoms with Crippen LogP contribution in [0.15, 0.2) is 52.0 Å². The van der Waals surface area contributed by atoms with Gasteiger partial charge in [-0.15, -0.1) is 0 Å². The summed E-state index contributed by atoms with van der Waals surface area (Å²) in [5, 5.41) is 3.93. The van der Waals surface area contributed by atoms with E-state index >= 15 is 0 Å². The van der Waals surface area contributed by atoms with Gasteiger partial charge in [-0.3, -0.25) is 9.59 Å². The molecular weight excluding hydrogens is 482 g/mol. The third kappa shape index (κ3) is 7.24. The number of carbonyl (C=O) groups excluding carboxylic acids is 2. The first kappa shape index (κ1) is 23.6. The van der Waals surface area contributed by atoms with E-state index in [4.69, 9.17) is 18.9 Å². The van der Waals surface area contributed by atoms with Crippen LogP contribution in [-0.2, 0) is 14.3 Å². The van der Waals surface area contributed by atoms with Crippen molar-refractivity contribution in [1.29, 1.82) is 0 Å². The largest absolute Gasteiger partial charge is 0.493 e. The molecule has 32 heavy (non-hydrogen) atoms. The minimum atomic E-state index is -0.394. The van der Waals surface area contributed by atoms with Crippen LogP contribution in [0.1, 0.15) is 5.56 Å². The molecule has 3 rings (SSSR count). The summed E-state index contributed by atoms with van der Waals surface area (Å²) >= 11 is 3.34. The smallest absolute Gasteiger partial charge is 0.277 e. The number of carbonyl (C=O) groups is 2.